The van der Waals surface area contributed by atoms with Gasteiger partial charge in [-0.1, -0.05) is 6.07 Å². The van der Waals surface area contributed by atoms with E-state index in [1.54, 1.807) is 43.8 Å². The van der Waals surface area contributed by atoms with Gasteiger partial charge >= 0.3 is 6.61 Å². The van der Waals surface area contributed by atoms with Gasteiger partial charge in [0.2, 0.25) is 0 Å². The average Bonchev–Trinajstić information content (AvgIpc) is 3.52. The van der Waals surface area contributed by atoms with Crippen molar-refractivity contribution < 1.29 is 23.0 Å². The van der Waals surface area contributed by atoms with E-state index in [1.807, 2.05) is 18.2 Å². The van der Waals surface area contributed by atoms with Gasteiger partial charge in [0.1, 0.15) is 28.5 Å². The summed E-state index contributed by atoms with van der Waals surface area (Å²) in [6.07, 6.45) is 7.10. The van der Waals surface area contributed by atoms with Crippen LogP contribution in [0.4, 0.5) is 14.5 Å². The Morgan fingerprint density at radius 3 is 2.87 bits per heavy atom. The summed E-state index contributed by atoms with van der Waals surface area (Å²) in [5.41, 5.74) is 3.77. The maximum Gasteiger partial charge on any atom is 0.387 e. The van der Waals surface area contributed by atoms with Crippen LogP contribution in [0, 0.1) is 0 Å². The number of alkyl halides is 2. The number of aryl methyl sites for hydroxylation is 1. The second-order valence-corrected chi connectivity index (χ2v) is 8.96. The molecule has 10 nitrogen and oxygen atoms in total. The maximum absolute atomic E-state index is 13.3. The highest BCUT2D eigenvalue weighted by molar-refractivity contribution is 6.09. The SMILES string of the molecule is Cn1cc(NC(=O)c2cnn3cccnc23)c(-c2cc(Oc3ccc4c(c3)CCNC4)ccc2OC(F)F)n1. The van der Waals surface area contributed by atoms with Crippen LogP contribution in [0.25, 0.3) is 16.9 Å². The molecular weight excluding hydrogens is 508 g/mol. The van der Waals surface area contributed by atoms with E-state index in [4.69, 9.17) is 9.47 Å². The monoisotopic (exact) mass is 531 g/mol. The Morgan fingerprint density at radius 2 is 2.00 bits per heavy atom. The number of anilines is 1. The molecule has 4 heterocycles. The fraction of sp³-hybridized carbons (Fsp3) is 0.185. The van der Waals surface area contributed by atoms with Crippen LogP contribution in [-0.2, 0) is 20.0 Å². The maximum atomic E-state index is 13.3. The van der Waals surface area contributed by atoms with Crippen LogP contribution in [0.5, 0.6) is 17.2 Å². The molecule has 12 heteroatoms. The molecule has 2 aromatic carbocycles. The van der Waals surface area contributed by atoms with Crippen LogP contribution >= 0.6 is 0 Å². The highest BCUT2D eigenvalue weighted by Crippen LogP contribution is 2.39. The molecule has 0 atom stereocenters. The van der Waals surface area contributed by atoms with Gasteiger partial charge in [-0.3, -0.25) is 9.48 Å². The lowest BCUT2D eigenvalue weighted by atomic mass is 10.0. The number of rotatable bonds is 7. The van der Waals surface area contributed by atoms with Gasteiger partial charge in [0, 0.05) is 32.2 Å². The standard InChI is InChI=1S/C27H23F2N7O3/c1-35-15-22(33-26(37)21-14-32-36-10-2-8-31-25(21)36)24(34-35)20-12-19(5-6-23(20)39-27(28)29)38-18-4-3-17-13-30-9-7-16(17)11-18/h2-6,8,10-12,14-15,27,30H,7,9,13H2,1H3,(H,33,37). The molecule has 0 saturated carbocycles. The number of benzene rings is 2. The van der Waals surface area contributed by atoms with Gasteiger partial charge in [0.15, 0.2) is 5.65 Å². The molecule has 39 heavy (non-hydrogen) atoms. The van der Waals surface area contributed by atoms with Crippen LogP contribution in [-0.4, -0.2) is 43.4 Å². The van der Waals surface area contributed by atoms with E-state index >= 15 is 0 Å². The summed E-state index contributed by atoms with van der Waals surface area (Å²) in [5.74, 6) is 0.431. The third kappa shape index (κ3) is 5.01. The number of nitrogens with one attached hydrogen (secondary N) is 2. The van der Waals surface area contributed by atoms with Gasteiger partial charge in [-0.15, -0.1) is 0 Å². The second-order valence-electron chi connectivity index (χ2n) is 8.96. The molecule has 0 bridgehead atoms. The lowest BCUT2D eigenvalue weighted by Gasteiger charge is -2.18. The third-order valence-electron chi connectivity index (χ3n) is 6.32. The predicted octanol–water partition coefficient (Wildman–Crippen LogP) is 4.42. The number of carbonyl (C=O) groups is 1. The number of amides is 1. The zero-order chi connectivity index (χ0) is 26.9. The summed E-state index contributed by atoms with van der Waals surface area (Å²) in [5, 5.41) is 14.7. The molecule has 1 aliphatic heterocycles. The Balaban J connectivity index is 1.34. The topological polar surface area (TPSA) is 108 Å². The molecule has 5 aromatic rings. The summed E-state index contributed by atoms with van der Waals surface area (Å²) >= 11 is 0. The number of fused-ring (bicyclic) bond motifs is 2. The lowest BCUT2D eigenvalue weighted by Crippen LogP contribution is -2.23. The number of hydrogen-bond acceptors (Lipinski definition) is 7. The normalized spacial score (nSPS) is 12.9. The van der Waals surface area contributed by atoms with Crippen LogP contribution in [0.15, 0.2) is 67.3 Å². The van der Waals surface area contributed by atoms with Gasteiger partial charge in [-0.05, 0) is 60.5 Å². The molecule has 1 aliphatic rings. The molecule has 198 valence electrons. The Labute approximate surface area is 221 Å². The van der Waals surface area contributed by atoms with Crippen molar-refractivity contribution in [2.75, 3.05) is 11.9 Å². The first kappa shape index (κ1) is 24.5. The number of aromatic nitrogens is 5. The van der Waals surface area contributed by atoms with Gasteiger partial charge < -0.3 is 20.1 Å². The molecule has 0 spiro atoms. The first-order chi connectivity index (χ1) is 18.9. The van der Waals surface area contributed by atoms with Crippen molar-refractivity contribution >= 4 is 17.2 Å². The van der Waals surface area contributed by atoms with Gasteiger partial charge in [0.25, 0.3) is 5.91 Å². The molecule has 0 saturated heterocycles. The van der Waals surface area contributed by atoms with E-state index in [-0.39, 0.29) is 28.3 Å². The van der Waals surface area contributed by atoms with Gasteiger partial charge in [0.05, 0.1) is 17.4 Å². The van der Waals surface area contributed by atoms with E-state index in [2.05, 4.69) is 25.8 Å². The summed E-state index contributed by atoms with van der Waals surface area (Å²) in [6, 6.07) is 12.1. The molecule has 2 N–H and O–H groups in total. The predicted molar refractivity (Wildman–Crippen MR) is 138 cm³/mol. The summed E-state index contributed by atoms with van der Waals surface area (Å²) in [6.45, 7) is -1.37. The first-order valence-electron chi connectivity index (χ1n) is 12.2. The average molecular weight is 532 g/mol. The van der Waals surface area contributed by atoms with Crippen LogP contribution in [0.1, 0.15) is 21.5 Å². The van der Waals surface area contributed by atoms with Crippen molar-refractivity contribution in [1.29, 1.82) is 0 Å². The van der Waals surface area contributed by atoms with Gasteiger partial charge in [-0.2, -0.15) is 19.0 Å². The Hall–Kier alpha value is -4.84. The zero-order valence-electron chi connectivity index (χ0n) is 20.8. The van der Waals surface area contributed by atoms with Crippen LogP contribution < -0.4 is 20.1 Å². The summed E-state index contributed by atoms with van der Waals surface area (Å²) in [4.78, 5) is 17.4. The molecule has 0 radical (unpaired) electrons. The van der Waals surface area contributed by atoms with E-state index < -0.39 is 12.5 Å². The fourth-order valence-electron chi connectivity index (χ4n) is 4.57. The van der Waals surface area contributed by atoms with Crippen molar-refractivity contribution in [1.82, 2.24) is 29.7 Å². The van der Waals surface area contributed by atoms with Crippen LogP contribution in [0.2, 0.25) is 0 Å². The van der Waals surface area contributed by atoms with Crippen molar-refractivity contribution in [2.24, 2.45) is 7.05 Å². The fourth-order valence-corrected chi connectivity index (χ4v) is 4.57. The minimum Gasteiger partial charge on any atom is -0.457 e. The quantitative estimate of drug-likeness (QED) is 0.320. The highest BCUT2D eigenvalue weighted by Gasteiger charge is 2.22. The van der Waals surface area contributed by atoms with E-state index in [1.165, 1.54) is 32.6 Å². The Bertz CT molecular complexity index is 1680. The van der Waals surface area contributed by atoms with E-state index in [0.717, 1.165) is 19.5 Å². The molecular formula is C27H23F2N7O3. The third-order valence-corrected chi connectivity index (χ3v) is 6.32. The van der Waals surface area contributed by atoms with Crippen molar-refractivity contribution in [3.8, 4) is 28.5 Å². The minimum atomic E-state index is -3.06. The highest BCUT2D eigenvalue weighted by atomic mass is 19.3. The number of halogens is 2. The minimum absolute atomic E-state index is 0.110. The summed E-state index contributed by atoms with van der Waals surface area (Å²) in [7, 11) is 1.66. The first-order valence-corrected chi connectivity index (χ1v) is 12.2. The Morgan fingerprint density at radius 1 is 1.15 bits per heavy atom. The Kier molecular flexibility index (Phi) is 6.37. The molecule has 1 amide bonds. The smallest absolute Gasteiger partial charge is 0.387 e. The molecule has 0 aliphatic carbocycles. The largest absolute Gasteiger partial charge is 0.457 e. The van der Waals surface area contributed by atoms with Gasteiger partial charge in [-0.25, -0.2) is 9.50 Å². The molecule has 6 rings (SSSR count). The number of carbonyl (C=O) groups excluding carboxylic acids is 1. The lowest BCUT2D eigenvalue weighted by molar-refractivity contribution is -0.0494. The number of nitrogens with zero attached hydrogens (tertiary/aromatic N) is 5. The van der Waals surface area contributed by atoms with Crippen molar-refractivity contribution in [2.45, 2.75) is 19.6 Å². The van der Waals surface area contributed by atoms with Crippen molar-refractivity contribution in [3.05, 3.63) is 83.9 Å². The second kappa shape index (κ2) is 10.1. The molecule has 0 fully saturated rings. The van der Waals surface area contributed by atoms with Crippen LogP contribution in [0.3, 0.4) is 0 Å². The number of ether oxygens (including phenoxy) is 2. The zero-order valence-corrected chi connectivity index (χ0v) is 20.8. The number of hydrogen-bond donors (Lipinski definition) is 2. The molecule has 0 unspecified atom stereocenters. The summed E-state index contributed by atoms with van der Waals surface area (Å²) < 4.78 is 40.4. The molecule has 3 aromatic heterocycles. The van der Waals surface area contributed by atoms with Crippen molar-refractivity contribution in [3.63, 3.8) is 0 Å². The van der Waals surface area contributed by atoms with E-state index in [9.17, 15) is 13.6 Å². The van der Waals surface area contributed by atoms with E-state index in [0.29, 0.717) is 17.1 Å².